The molecule has 0 aromatic heterocycles. The number of fused-ring (bicyclic) bond motifs is 2. The van der Waals surface area contributed by atoms with Crippen LogP contribution in [-0.4, -0.2) is 38.4 Å². The summed E-state index contributed by atoms with van der Waals surface area (Å²) in [6, 6.07) is 26.9. The van der Waals surface area contributed by atoms with E-state index in [1.807, 2.05) is 12.2 Å². The van der Waals surface area contributed by atoms with E-state index < -0.39 is 47.0 Å². The Labute approximate surface area is 421 Å². The Hall–Kier alpha value is -8.84. The first-order valence-electron chi connectivity index (χ1n) is 23.6. The summed E-state index contributed by atoms with van der Waals surface area (Å²) < 4.78 is 92.6. The van der Waals surface area contributed by atoms with E-state index in [4.69, 9.17) is 28.4 Å². The third kappa shape index (κ3) is 12.4. The van der Waals surface area contributed by atoms with E-state index in [9.17, 15) is 27.2 Å². The Bertz CT molecular complexity index is 3170. The molecule has 2 aliphatic rings. The van der Waals surface area contributed by atoms with E-state index in [1.54, 1.807) is 76.2 Å². The van der Waals surface area contributed by atoms with Crippen LogP contribution in [0.2, 0.25) is 0 Å². The van der Waals surface area contributed by atoms with Crippen LogP contribution in [0.25, 0.3) is 0 Å². The van der Waals surface area contributed by atoms with Gasteiger partial charge in [0.15, 0.2) is 46.3 Å². The molecule has 73 heavy (non-hydrogen) atoms. The number of halogens is 4. The molecule has 6 aromatic carbocycles. The van der Waals surface area contributed by atoms with Crippen molar-refractivity contribution < 1.29 is 55.6 Å². The summed E-state index contributed by atoms with van der Waals surface area (Å²) in [5.41, 5.74) is 2.73. The van der Waals surface area contributed by atoms with Crippen LogP contribution in [0.5, 0.6) is 34.5 Å². The van der Waals surface area contributed by atoms with Crippen LogP contribution >= 0.6 is 0 Å². The molecular formula is C61H46F4O8. The highest BCUT2D eigenvalue weighted by Gasteiger charge is 2.53. The fourth-order valence-electron chi connectivity index (χ4n) is 8.37. The zero-order valence-corrected chi connectivity index (χ0v) is 40.2. The Kier molecular flexibility index (Phi) is 16.2. The third-order valence-corrected chi connectivity index (χ3v) is 11.7. The van der Waals surface area contributed by atoms with Crippen LogP contribution in [0, 0.1) is 94.3 Å². The van der Waals surface area contributed by atoms with Gasteiger partial charge in [0.25, 0.3) is 0 Å². The minimum atomic E-state index is -0.996. The summed E-state index contributed by atoms with van der Waals surface area (Å²) in [6.45, 7) is 8.13. The molecule has 1 saturated carbocycles. The average Bonchev–Trinajstić information content (AvgIpc) is 4.01. The van der Waals surface area contributed by atoms with Gasteiger partial charge < -0.3 is 28.4 Å². The van der Waals surface area contributed by atoms with Crippen molar-refractivity contribution in [1.29, 1.82) is 0 Å². The second-order valence-corrected chi connectivity index (χ2v) is 16.6. The first-order valence-corrected chi connectivity index (χ1v) is 23.6. The number of esters is 2. The highest BCUT2D eigenvalue weighted by molar-refractivity contribution is 5.87. The number of allylic oxidation sites excluding steroid dienone is 2. The standard InChI is InChI=1S/C61H46F4O8/c1-5-68-52-27-17-38(31-48(52)62)9-11-42-15-23-44(21-13-40-19-29-54(70-7-3)50(64)33-40)56(35-42)72-60(66)58-46-25-26-47(37-46)59(58)61(67)73-57-36-43(12-10-39-18-28-53(69-6-2)49(63)32-39)16-24-45(57)22-14-41-20-30-55(71-8-4)51(65)34-41/h15-20,23-36,46-47,58-59H,5-8,37H2,1-4H3/t46-,47+,58-,59-/m1/s1. The van der Waals surface area contributed by atoms with E-state index in [0.29, 0.717) is 53.0 Å². The van der Waals surface area contributed by atoms with Crippen LogP contribution in [-0.2, 0) is 9.59 Å². The zero-order valence-electron chi connectivity index (χ0n) is 40.2. The number of hydrogen-bond acceptors (Lipinski definition) is 8. The van der Waals surface area contributed by atoms with Crippen molar-refractivity contribution in [3.05, 3.63) is 189 Å². The highest BCUT2D eigenvalue weighted by atomic mass is 19.1. The fourth-order valence-corrected chi connectivity index (χ4v) is 8.37. The summed E-state index contributed by atoms with van der Waals surface area (Å²) >= 11 is 0. The van der Waals surface area contributed by atoms with Crippen LogP contribution in [0.15, 0.2) is 121 Å². The maximum absolute atomic E-state index is 14.8. The highest BCUT2D eigenvalue weighted by Crippen LogP contribution is 2.49. The Morgan fingerprint density at radius 3 is 0.959 bits per heavy atom. The number of ether oxygens (including phenoxy) is 6. The normalized spacial score (nSPS) is 15.7. The summed E-state index contributed by atoms with van der Waals surface area (Å²) in [7, 11) is 0. The van der Waals surface area contributed by atoms with Crippen molar-refractivity contribution in [2.75, 3.05) is 26.4 Å². The molecule has 0 amide bonds. The van der Waals surface area contributed by atoms with Crippen molar-refractivity contribution in [3.8, 4) is 81.9 Å². The van der Waals surface area contributed by atoms with Gasteiger partial charge in [0, 0.05) is 33.4 Å². The zero-order chi connectivity index (χ0) is 51.4. The summed E-state index contributed by atoms with van der Waals surface area (Å²) in [5.74, 6) is 17.5. The van der Waals surface area contributed by atoms with Gasteiger partial charge in [-0.25, -0.2) is 17.6 Å². The van der Waals surface area contributed by atoms with Gasteiger partial charge in [0.2, 0.25) is 0 Å². The minimum Gasteiger partial charge on any atom is -0.491 e. The monoisotopic (exact) mass is 982 g/mol. The van der Waals surface area contributed by atoms with Gasteiger partial charge in [0.1, 0.15) is 11.5 Å². The van der Waals surface area contributed by atoms with Crippen LogP contribution in [0.4, 0.5) is 17.6 Å². The second kappa shape index (κ2) is 23.4. The van der Waals surface area contributed by atoms with E-state index in [-0.39, 0.29) is 70.7 Å². The summed E-state index contributed by atoms with van der Waals surface area (Å²) in [5, 5.41) is 0. The van der Waals surface area contributed by atoms with Gasteiger partial charge in [-0.05, 0) is 155 Å². The fraction of sp³-hybridized carbons (Fsp3) is 0.213. The molecule has 2 bridgehead atoms. The Balaban J connectivity index is 1.11. The lowest BCUT2D eigenvalue weighted by atomic mass is 9.83. The molecule has 0 spiro atoms. The molecule has 8 rings (SSSR count). The number of hydrogen-bond donors (Lipinski definition) is 0. The predicted molar refractivity (Wildman–Crippen MR) is 266 cm³/mol. The molecule has 0 aliphatic heterocycles. The lowest BCUT2D eigenvalue weighted by Gasteiger charge is -2.25. The van der Waals surface area contributed by atoms with E-state index in [0.717, 1.165) is 0 Å². The van der Waals surface area contributed by atoms with Crippen LogP contribution in [0.1, 0.15) is 78.6 Å². The van der Waals surface area contributed by atoms with E-state index >= 15 is 0 Å². The van der Waals surface area contributed by atoms with Gasteiger partial charge in [-0.15, -0.1) is 0 Å². The first-order chi connectivity index (χ1) is 35.4. The maximum Gasteiger partial charge on any atom is 0.315 e. The summed E-state index contributed by atoms with van der Waals surface area (Å²) in [4.78, 5) is 29.1. The molecule has 0 N–H and O–H groups in total. The minimum absolute atomic E-state index is 0.0226. The molecule has 2 aliphatic carbocycles. The molecule has 0 unspecified atom stereocenters. The molecule has 8 nitrogen and oxygen atoms in total. The smallest absolute Gasteiger partial charge is 0.315 e. The van der Waals surface area contributed by atoms with Crippen LogP contribution in [0.3, 0.4) is 0 Å². The number of carbonyl (C=O) groups is 2. The molecular weight excluding hydrogens is 937 g/mol. The number of rotatable bonds is 12. The summed E-state index contributed by atoms with van der Waals surface area (Å²) in [6.07, 6.45) is 4.23. The number of benzene rings is 6. The van der Waals surface area contributed by atoms with E-state index in [1.165, 1.54) is 60.7 Å². The first kappa shape index (κ1) is 50.5. The van der Waals surface area contributed by atoms with Gasteiger partial charge in [0.05, 0.1) is 49.4 Å². The largest absolute Gasteiger partial charge is 0.491 e. The number of carbonyl (C=O) groups excluding carboxylic acids is 2. The van der Waals surface area contributed by atoms with Crippen molar-refractivity contribution >= 4 is 11.9 Å². The van der Waals surface area contributed by atoms with E-state index in [2.05, 4.69) is 47.4 Å². The van der Waals surface area contributed by atoms with Crippen molar-refractivity contribution in [1.82, 2.24) is 0 Å². The quantitative estimate of drug-likeness (QED) is 0.0394. The average molecular weight is 983 g/mol. The molecule has 0 saturated heterocycles. The molecule has 4 atom stereocenters. The second-order valence-electron chi connectivity index (χ2n) is 16.6. The third-order valence-electron chi connectivity index (χ3n) is 11.7. The SMILES string of the molecule is CCOc1ccc(C#Cc2ccc(C#Cc3ccc(OCC)c(F)c3)c(OC(=O)[C@H]3[C@H](C(=O)Oc4cc(C#Cc5ccc(OCC)c(F)c5)ccc4C#Cc4ccc(OCC)c(F)c4)[C@H]4C=C[C@@H]3C4)c2)cc1F. The van der Waals surface area contributed by atoms with Crippen LogP contribution < -0.4 is 28.4 Å². The molecule has 1 fully saturated rings. The maximum atomic E-state index is 14.8. The molecule has 0 radical (unpaired) electrons. The van der Waals surface area contributed by atoms with Gasteiger partial charge in [-0.1, -0.05) is 59.5 Å². The molecule has 0 heterocycles. The Morgan fingerprint density at radius 1 is 0.397 bits per heavy atom. The van der Waals surface area contributed by atoms with Gasteiger partial charge >= 0.3 is 11.9 Å². The van der Waals surface area contributed by atoms with Crippen molar-refractivity contribution in [3.63, 3.8) is 0 Å². The lowest BCUT2D eigenvalue weighted by Crippen LogP contribution is -2.37. The van der Waals surface area contributed by atoms with Crippen molar-refractivity contribution in [2.45, 2.75) is 34.1 Å². The van der Waals surface area contributed by atoms with Gasteiger partial charge in [-0.2, -0.15) is 0 Å². The van der Waals surface area contributed by atoms with Crippen molar-refractivity contribution in [2.24, 2.45) is 23.7 Å². The predicted octanol–water partition coefficient (Wildman–Crippen LogP) is 11.4. The molecule has 366 valence electrons. The Morgan fingerprint density at radius 2 is 0.671 bits per heavy atom. The molecule has 6 aromatic rings. The lowest BCUT2D eigenvalue weighted by molar-refractivity contribution is -0.151. The molecule has 12 heteroatoms. The topological polar surface area (TPSA) is 89.5 Å². The van der Waals surface area contributed by atoms with Gasteiger partial charge in [-0.3, -0.25) is 9.59 Å².